The van der Waals surface area contributed by atoms with Crippen molar-refractivity contribution in [1.82, 2.24) is 14.1 Å². The number of para-hydroxylation sites is 2. The zero-order valence-electron chi connectivity index (χ0n) is 27.7. The molecule has 52 heavy (non-hydrogen) atoms. The molecule has 0 saturated heterocycles. The summed E-state index contributed by atoms with van der Waals surface area (Å²) in [7, 11) is 0. The van der Waals surface area contributed by atoms with Crippen molar-refractivity contribution in [3.8, 4) is 22.5 Å². The molecule has 0 aliphatic heterocycles. The third kappa shape index (κ3) is 3.87. The topological polar surface area (TPSA) is 22.8 Å². The molecule has 0 aliphatic carbocycles. The Hall–Kier alpha value is -6.27. The summed E-state index contributed by atoms with van der Waals surface area (Å²) < 4.78 is 10.3. The summed E-state index contributed by atoms with van der Waals surface area (Å²) >= 11 is 3.79. The first-order valence-electron chi connectivity index (χ1n) is 17.5. The third-order valence-electron chi connectivity index (χ3n) is 10.8. The second-order valence-electron chi connectivity index (χ2n) is 13.6. The Morgan fingerprint density at radius 1 is 0.385 bits per heavy atom. The monoisotopic (exact) mass is 697 g/mol. The zero-order chi connectivity index (χ0) is 33.9. The van der Waals surface area contributed by atoms with E-state index in [1.807, 2.05) is 41.1 Å². The van der Waals surface area contributed by atoms with Crippen LogP contribution in [0, 0.1) is 0 Å². The van der Waals surface area contributed by atoms with Crippen molar-refractivity contribution in [2.24, 2.45) is 0 Å². The molecule has 0 saturated carbocycles. The number of hydrogen-bond acceptors (Lipinski definition) is 3. The van der Waals surface area contributed by atoms with Gasteiger partial charge in [-0.15, -0.1) is 22.7 Å². The summed E-state index contributed by atoms with van der Waals surface area (Å²) in [4.78, 5) is 4.54. The second-order valence-corrected chi connectivity index (χ2v) is 15.7. The number of aromatic nitrogens is 3. The van der Waals surface area contributed by atoms with Crippen LogP contribution in [0.1, 0.15) is 0 Å². The van der Waals surface area contributed by atoms with E-state index in [0.29, 0.717) is 0 Å². The van der Waals surface area contributed by atoms with E-state index in [9.17, 15) is 0 Å². The van der Waals surface area contributed by atoms with Gasteiger partial charge in [0.2, 0.25) is 0 Å². The van der Waals surface area contributed by atoms with Gasteiger partial charge in [0.15, 0.2) is 0 Å². The van der Waals surface area contributed by atoms with Crippen LogP contribution in [0.15, 0.2) is 164 Å². The van der Waals surface area contributed by atoms with Crippen LogP contribution in [0.5, 0.6) is 0 Å². The number of fused-ring (bicyclic) bond motifs is 14. The molecule has 3 nitrogen and oxygen atoms in total. The molecule has 0 amide bonds. The summed E-state index contributed by atoms with van der Waals surface area (Å²) in [6.45, 7) is 0. The van der Waals surface area contributed by atoms with Gasteiger partial charge in [-0.25, -0.2) is 0 Å². The van der Waals surface area contributed by atoms with Gasteiger partial charge in [-0.2, -0.15) is 0 Å². The number of thiophene rings is 2. The summed E-state index contributed by atoms with van der Waals surface area (Å²) in [5, 5.41) is 10.4. The average molecular weight is 698 g/mol. The van der Waals surface area contributed by atoms with Gasteiger partial charge in [0.05, 0.1) is 22.1 Å². The number of nitrogens with zero attached hydrogens (tertiary/aromatic N) is 3. The van der Waals surface area contributed by atoms with Crippen LogP contribution >= 0.6 is 22.7 Å². The number of benzene rings is 7. The van der Waals surface area contributed by atoms with E-state index in [-0.39, 0.29) is 0 Å². The molecule has 0 radical (unpaired) electrons. The number of rotatable bonds is 3. The normalized spacial score (nSPS) is 12.2. The van der Waals surface area contributed by atoms with Crippen molar-refractivity contribution in [2.75, 3.05) is 0 Å². The van der Waals surface area contributed by atoms with Crippen LogP contribution in [0.2, 0.25) is 0 Å². The molecule has 0 spiro atoms. The summed E-state index contributed by atoms with van der Waals surface area (Å²) in [5.74, 6) is 0. The Kier molecular flexibility index (Phi) is 5.81. The van der Waals surface area contributed by atoms with E-state index in [2.05, 4.69) is 160 Å². The van der Waals surface area contributed by atoms with Crippen molar-refractivity contribution in [2.45, 2.75) is 0 Å². The lowest BCUT2D eigenvalue weighted by atomic mass is 10.1. The molecule has 5 heterocycles. The van der Waals surface area contributed by atoms with Gasteiger partial charge in [0.1, 0.15) is 0 Å². The fourth-order valence-electron chi connectivity index (χ4n) is 8.58. The van der Waals surface area contributed by atoms with Crippen molar-refractivity contribution in [1.29, 1.82) is 0 Å². The Bertz CT molecular complexity index is 3210. The fraction of sp³-hybridized carbons (Fsp3) is 0. The minimum Gasteiger partial charge on any atom is -0.309 e. The maximum absolute atomic E-state index is 4.54. The maximum Gasteiger partial charge on any atom is 0.0555 e. The van der Waals surface area contributed by atoms with Gasteiger partial charge in [-0.1, -0.05) is 91.0 Å². The highest BCUT2D eigenvalue weighted by Gasteiger charge is 2.21. The largest absolute Gasteiger partial charge is 0.309 e. The molecule has 0 N–H and O–H groups in total. The van der Waals surface area contributed by atoms with Crippen molar-refractivity contribution >= 4 is 107 Å². The van der Waals surface area contributed by atoms with Crippen LogP contribution in [-0.4, -0.2) is 14.1 Å². The Labute approximate surface area is 305 Å². The Morgan fingerprint density at radius 3 is 1.40 bits per heavy atom. The minimum atomic E-state index is 1.09. The molecule has 0 unspecified atom stereocenters. The lowest BCUT2D eigenvalue weighted by molar-refractivity contribution is 1.13. The van der Waals surface area contributed by atoms with E-state index in [0.717, 1.165) is 22.5 Å². The highest BCUT2D eigenvalue weighted by molar-refractivity contribution is 7.27. The predicted octanol–water partition coefficient (Wildman–Crippen LogP) is 13.7. The van der Waals surface area contributed by atoms with E-state index < -0.39 is 0 Å². The molecule has 12 aromatic rings. The minimum absolute atomic E-state index is 1.09. The van der Waals surface area contributed by atoms with Gasteiger partial charge in [-0.05, 0) is 66.2 Å². The van der Waals surface area contributed by atoms with Crippen LogP contribution in [0.4, 0.5) is 0 Å². The van der Waals surface area contributed by atoms with Crippen LogP contribution in [0.3, 0.4) is 0 Å². The first-order chi connectivity index (χ1) is 25.8. The second kappa shape index (κ2) is 10.6. The molecule has 7 aromatic carbocycles. The van der Waals surface area contributed by atoms with Gasteiger partial charge < -0.3 is 9.13 Å². The molecule has 0 atom stereocenters. The highest BCUT2D eigenvalue weighted by Crippen LogP contribution is 2.46. The number of hydrogen-bond donors (Lipinski definition) is 0. The molecular formula is C47H27N3S2. The SMILES string of the molecule is c1cncc(-c2cc(-n3c4ccccc4c4c5sc6ccccc6c5ccc43)cc(-n3c4ccccc4c4c5sc6ccccc6c5ccc43)c2)c1. The standard InChI is InChI=1S/C47H27N3S2/c1-5-15-38-36(13-1)44-40(21-19-34-32-11-3-7-17-42(32)51-46(34)44)49(38)30-24-29(28-10-9-23-48-27-28)25-31(26-30)50-39-16-6-2-14-37(39)45-41(50)22-20-35-33-12-4-8-18-43(33)52-47(35)45/h1-27H. The van der Waals surface area contributed by atoms with E-state index in [1.165, 1.54) is 84.0 Å². The summed E-state index contributed by atoms with van der Waals surface area (Å²) in [6, 6.07) is 55.9. The van der Waals surface area contributed by atoms with Crippen LogP contribution in [0.25, 0.3) is 106 Å². The Morgan fingerprint density at radius 2 is 0.885 bits per heavy atom. The summed E-state index contributed by atoms with van der Waals surface area (Å²) in [5.41, 5.74) is 9.28. The quantitative estimate of drug-likeness (QED) is 0.180. The Balaban J connectivity index is 1.21. The molecule has 5 aromatic heterocycles. The molecule has 5 heteroatoms. The molecule has 0 aliphatic rings. The molecule has 12 rings (SSSR count). The first-order valence-corrected chi connectivity index (χ1v) is 19.2. The lowest BCUT2D eigenvalue weighted by Gasteiger charge is -2.16. The zero-order valence-corrected chi connectivity index (χ0v) is 29.4. The van der Waals surface area contributed by atoms with E-state index >= 15 is 0 Å². The van der Waals surface area contributed by atoms with Gasteiger partial charge in [0.25, 0.3) is 0 Å². The first kappa shape index (κ1) is 28.4. The van der Waals surface area contributed by atoms with Crippen molar-refractivity contribution in [3.05, 3.63) is 164 Å². The molecular weight excluding hydrogens is 671 g/mol. The third-order valence-corrected chi connectivity index (χ3v) is 13.2. The van der Waals surface area contributed by atoms with Crippen molar-refractivity contribution < 1.29 is 0 Å². The fourth-order valence-corrected chi connectivity index (χ4v) is 11.1. The predicted molar refractivity (Wildman–Crippen MR) is 224 cm³/mol. The smallest absolute Gasteiger partial charge is 0.0555 e. The van der Waals surface area contributed by atoms with Crippen LogP contribution < -0.4 is 0 Å². The van der Waals surface area contributed by atoms with Gasteiger partial charge >= 0.3 is 0 Å². The molecule has 0 fully saturated rings. The van der Waals surface area contributed by atoms with Gasteiger partial charge in [0, 0.05) is 91.2 Å². The van der Waals surface area contributed by atoms with Crippen LogP contribution in [-0.2, 0) is 0 Å². The van der Waals surface area contributed by atoms with Crippen molar-refractivity contribution in [3.63, 3.8) is 0 Å². The highest BCUT2D eigenvalue weighted by atomic mass is 32.1. The maximum atomic E-state index is 4.54. The lowest BCUT2D eigenvalue weighted by Crippen LogP contribution is -2.00. The molecule has 242 valence electrons. The van der Waals surface area contributed by atoms with E-state index in [4.69, 9.17) is 0 Å². The number of pyridine rings is 1. The summed E-state index contributed by atoms with van der Waals surface area (Å²) in [6.07, 6.45) is 3.82. The van der Waals surface area contributed by atoms with Gasteiger partial charge in [-0.3, -0.25) is 4.98 Å². The molecule has 0 bridgehead atoms. The van der Waals surface area contributed by atoms with E-state index in [1.54, 1.807) is 0 Å². The average Bonchev–Trinajstić information content (AvgIpc) is 3.95.